The molecular weight excluding hydrogens is 359 g/mol. The molecule has 3 nitrogen and oxygen atoms in total. The molecule has 0 unspecified atom stereocenters. The molecule has 2 N–H and O–H groups in total. The highest BCUT2D eigenvalue weighted by Gasteiger charge is 2.21. The lowest BCUT2D eigenvalue weighted by Gasteiger charge is -2.06. The quantitative estimate of drug-likeness (QED) is 0.682. The van der Waals surface area contributed by atoms with E-state index in [0.29, 0.717) is 27.4 Å². The number of anilines is 1. The van der Waals surface area contributed by atoms with E-state index >= 15 is 0 Å². The molecule has 0 amide bonds. The molecule has 0 bridgehead atoms. The molecular formula is C15H9BrClFN2O. The van der Waals surface area contributed by atoms with Crippen molar-refractivity contribution in [2.24, 2.45) is 0 Å². The van der Waals surface area contributed by atoms with Crippen molar-refractivity contribution in [1.29, 1.82) is 0 Å². The second kappa shape index (κ2) is 5.50. The summed E-state index contributed by atoms with van der Waals surface area (Å²) < 4.78 is 19.9. The van der Waals surface area contributed by atoms with E-state index in [2.05, 4.69) is 21.1 Å². The summed E-state index contributed by atoms with van der Waals surface area (Å²) in [4.78, 5) is 0. The zero-order chi connectivity index (χ0) is 15.0. The van der Waals surface area contributed by atoms with E-state index in [1.54, 1.807) is 36.4 Å². The molecule has 106 valence electrons. The molecule has 3 rings (SSSR count). The number of aromatic nitrogens is 1. The Kier molecular flexibility index (Phi) is 3.69. The van der Waals surface area contributed by atoms with Crippen molar-refractivity contribution in [3.63, 3.8) is 0 Å². The predicted octanol–water partition coefficient (Wildman–Crippen LogP) is 5.15. The molecule has 2 aromatic carbocycles. The van der Waals surface area contributed by atoms with Crippen LogP contribution in [0.15, 0.2) is 51.5 Å². The van der Waals surface area contributed by atoms with Crippen molar-refractivity contribution in [2.75, 3.05) is 5.73 Å². The second-order valence-corrected chi connectivity index (χ2v) is 5.67. The summed E-state index contributed by atoms with van der Waals surface area (Å²) in [7, 11) is 0. The zero-order valence-corrected chi connectivity index (χ0v) is 13.0. The molecule has 0 radical (unpaired) electrons. The molecule has 3 aromatic rings. The van der Waals surface area contributed by atoms with Crippen molar-refractivity contribution in [3.05, 3.63) is 57.8 Å². The third-order valence-corrected chi connectivity index (χ3v) is 3.97. The minimum absolute atomic E-state index is 0.0574. The van der Waals surface area contributed by atoms with Gasteiger partial charge in [0.1, 0.15) is 11.5 Å². The third-order valence-electron chi connectivity index (χ3n) is 3.05. The molecule has 0 saturated carbocycles. The SMILES string of the molecule is Nc1onc(-c2cc(Cl)ccc2Br)c1-c1ccccc1F. The first-order valence-corrected chi connectivity index (χ1v) is 7.20. The van der Waals surface area contributed by atoms with Crippen LogP contribution >= 0.6 is 27.5 Å². The Morgan fingerprint density at radius 1 is 1.14 bits per heavy atom. The first kappa shape index (κ1) is 14.1. The predicted molar refractivity (Wildman–Crippen MR) is 84.5 cm³/mol. The van der Waals surface area contributed by atoms with Gasteiger partial charge in [-0.2, -0.15) is 0 Å². The number of hydrogen-bond acceptors (Lipinski definition) is 3. The van der Waals surface area contributed by atoms with Crippen LogP contribution in [0.3, 0.4) is 0 Å². The standard InChI is InChI=1S/C15H9BrClFN2O/c16-11-6-5-8(17)7-10(11)14-13(15(19)21-20-14)9-3-1-2-4-12(9)18/h1-7H,19H2. The number of benzene rings is 2. The molecule has 1 aromatic heterocycles. The lowest BCUT2D eigenvalue weighted by atomic mass is 10.0. The van der Waals surface area contributed by atoms with Crippen LogP contribution in [0.5, 0.6) is 0 Å². The van der Waals surface area contributed by atoms with Crippen LogP contribution in [0.2, 0.25) is 5.02 Å². The smallest absolute Gasteiger partial charge is 0.230 e. The van der Waals surface area contributed by atoms with E-state index in [9.17, 15) is 4.39 Å². The van der Waals surface area contributed by atoms with Crippen molar-refractivity contribution < 1.29 is 8.91 Å². The van der Waals surface area contributed by atoms with E-state index < -0.39 is 5.82 Å². The normalized spacial score (nSPS) is 10.8. The van der Waals surface area contributed by atoms with Crippen molar-refractivity contribution in [1.82, 2.24) is 5.16 Å². The summed E-state index contributed by atoms with van der Waals surface area (Å²) in [5, 5.41) is 4.49. The van der Waals surface area contributed by atoms with Gasteiger partial charge in [0.15, 0.2) is 0 Å². The van der Waals surface area contributed by atoms with Crippen LogP contribution in [0.1, 0.15) is 0 Å². The maximum atomic E-state index is 14.0. The summed E-state index contributed by atoms with van der Waals surface area (Å²) >= 11 is 9.45. The number of nitrogens with zero attached hydrogens (tertiary/aromatic N) is 1. The van der Waals surface area contributed by atoms with Gasteiger partial charge in [-0.1, -0.05) is 50.9 Å². The monoisotopic (exact) mass is 366 g/mol. The Morgan fingerprint density at radius 3 is 2.67 bits per heavy atom. The van der Waals surface area contributed by atoms with Gasteiger partial charge in [-0.15, -0.1) is 0 Å². The number of halogens is 3. The lowest BCUT2D eigenvalue weighted by molar-refractivity contribution is 0.439. The molecule has 0 aliphatic rings. The Bertz CT molecular complexity index is 819. The summed E-state index contributed by atoms with van der Waals surface area (Å²) in [5.41, 5.74) is 7.69. The third kappa shape index (κ3) is 2.54. The van der Waals surface area contributed by atoms with Crippen LogP contribution in [0.25, 0.3) is 22.4 Å². The highest BCUT2D eigenvalue weighted by Crippen LogP contribution is 2.40. The molecule has 0 saturated heterocycles. The van der Waals surface area contributed by atoms with E-state index in [1.807, 2.05) is 0 Å². The van der Waals surface area contributed by atoms with Gasteiger partial charge in [-0.05, 0) is 24.3 Å². The van der Waals surface area contributed by atoms with Gasteiger partial charge in [0, 0.05) is 20.6 Å². The summed E-state index contributed by atoms with van der Waals surface area (Å²) in [6, 6.07) is 11.6. The van der Waals surface area contributed by atoms with Gasteiger partial charge in [-0.3, -0.25) is 0 Å². The van der Waals surface area contributed by atoms with Crippen LogP contribution in [0.4, 0.5) is 10.3 Å². The largest absolute Gasteiger partial charge is 0.367 e. The average molecular weight is 368 g/mol. The minimum atomic E-state index is -0.396. The van der Waals surface area contributed by atoms with Gasteiger partial charge in [0.05, 0.1) is 5.56 Å². The average Bonchev–Trinajstić information content (AvgIpc) is 2.84. The Labute approximate surface area is 133 Å². The Balaban J connectivity index is 2.27. The maximum absolute atomic E-state index is 14.0. The Hall–Kier alpha value is -1.85. The first-order chi connectivity index (χ1) is 10.1. The van der Waals surface area contributed by atoms with Gasteiger partial charge in [-0.25, -0.2) is 4.39 Å². The molecule has 6 heteroatoms. The maximum Gasteiger partial charge on any atom is 0.230 e. The number of rotatable bonds is 2. The fraction of sp³-hybridized carbons (Fsp3) is 0. The van der Waals surface area contributed by atoms with Crippen LogP contribution < -0.4 is 5.73 Å². The fourth-order valence-electron chi connectivity index (χ4n) is 2.09. The summed E-state index contributed by atoms with van der Waals surface area (Å²) in [5.74, 6) is -0.339. The summed E-state index contributed by atoms with van der Waals surface area (Å²) in [6.45, 7) is 0. The zero-order valence-electron chi connectivity index (χ0n) is 10.6. The Morgan fingerprint density at radius 2 is 1.90 bits per heavy atom. The topological polar surface area (TPSA) is 52.0 Å². The molecule has 0 aliphatic carbocycles. The molecule has 21 heavy (non-hydrogen) atoms. The van der Waals surface area contributed by atoms with Crippen molar-refractivity contribution in [3.8, 4) is 22.4 Å². The second-order valence-electron chi connectivity index (χ2n) is 4.37. The molecule has 0 spiro atoms. The van der Waals surface area contributed by atoms with Gasteiger partial charge < -0.3 is 10.3 Å². The summed E-state index contributed by atoms with van der Waals surface area (Å²) in [6.07, 6.45) is 0. The highest BCUT2D eigenvalue weighted by molar-refractivity contribution is 9.10. The minimum Gasteiger partial charge on any atom is -0.367 e. The fourth-order valence-corrected chi connectivity index (χ4v) is 2.70. The number of nitrogens with two attached hydrogens (primary N) is 1. The van der Waals surface area contributed by atoms with E-state index in [4.69, 9.17) is 21.9 Å². The molecule has 0 fully saturated rings. The van der Waals surface area contributed by atoms with E-state index in [1.165, 1.54) is 6.07 Å². The van der Waals surface area contributed by atoms with Crippen molar-refractivity contribution >= 4 is 33.4 Å². The highest BCUT2D eigenvalue weighted by atomic mass is 79.9. The lowest BCUT2D eigenvalue weighted by Crippen LogP contribution is -1.91. The van der Waals surface area contributed by atoms with Gasteiger partial charge in [0.2, 0.25) is 5.88 Å². The first-order valence-electron chi connectivity index (χ1n) is 6.03. The van der Waals surface area contributed by atoms with E-state index in [0.717, 1.165) is 4.47 Å². The molecule has 1 heterocycles. The molecule has 0 atom stereocenters. The number of nitrogen functional groups attached to an aromatic ring is 1. The van der Waals surface area contributed by atoms with Crippen LogP contribution in [-0.4, -0.2) is 5.16 Å². The number of hydrogen-bond donors (Lipinski definition) is 1. The molecule has 0 aliphatic heterocycles. The van der Waals surface area contributed by atoms with Crippen molar-refractivity contribution in [2.45, 2.75) is 0 Å². The van der Waals surface area contributed by atoms with Crippen LogP contribution in [0, 0.1) is 5.82 Å². The van der Waals surface area contributed by atoms with Crippen LogP contribution in [-0.2, 0) is 0 Å². The van der Waals surface area contributed by atoms with Gasteiger partial charge >= 0.3 is 0 Å². The van der Waals surface area contributed by atoms with E-state index in [-0.39, 0.29) is 5.88 Å². The van der Waals surface area contributed by atoms with Gasteiger partial charge in [0.25, 0.3) is 0 Å².